The first-order chi connectivity index (χ1) is 17.4. The molecule has 3 aromatic carbocycles. The van der Waals surface area contributed by atoms with E-state index in [1.165, 1.54) is 11.8 Å². The van der Waals surface area contributed by atoms with E-state index in [0.29, 0.717) is 23.0 Å². The van der Waals surface area contributed by atoms with Crippen LogP contribution >= 0.6 is 11.8 Å². The molecular weight excluding hydrogens is 470 g/mol. The number of aromatic amines is 1. The number of rotatable bonds is 6. The van der Waals surface area contributed by atoms with Crippen molar-refractivity contribution in [2.45, 2.75) is 20.3 Å². The van der Waals surface area contributed by atoms with Crippen LogP contribution < -0.4 is 4.74 Å². The van der Waals surface area contributed by atoms with Crippen LogP contribution in [0, 0.1) is 13.8 Å². The number of amidine groups is 1. The maximum atomic E-state index is 13.5. The van der Waals surface area contributed by atoms with Gasteiger partial charge in [-0.25, -0.2) is 4.99 Å². The minimum absolute atomic E-state index is 0.0736. The Kier molecular flexibility index (Phi) is 6.57. The van der Waals surface area contributed by atoms with Crippen LogP contribution in [-0.4, -0.2) is 39.7 Å². The molecule has 1 fully saturated rings. The third-order valence-corrected chi connectivity index (χ3v) is 7.28. The third kappa shape index (κ3) is 4.75. The second kappa shape index (κ2) is 9.95. The van der Waals surface area contributed by atoms with Gasteiger partial charge in [-0.2, -0.15) is 0 Å². The molecule has 0 atom stereocenters. The second-order valence-electron chi connectivity index (χ2n) is 8.77. The van der Waals surface area contributed by atoms with E-state index in [4.69, 9.17) is 9.73 Å². The van der Waals surface area contributed by atoms with E-state index >= 15 is 0 Å². The molecule has 5 rings (SSSR count). The second-order valence-corrected chi connectivity index (χ2v) is 9.78. The smallest absolute Gasteiger partial charge is 0.266 e. The van der Waals surface area contributed by atoms with E-state index in [1.807, 2.05) is 74.7 Å². The number of benzene rings is 3. The highest BCUT2D eigenvalue weighted by atomic mass is 32.2. The molecule has 2 heterocycles. The number of hydrogen-bond acceptors (Lipinski definition) is 5. The van der Waals surface area contributed by atoms with E-state index in [-0.39, 0.29) is 11.7 Å². The van der Waals surface area contributed by atoms with Gasteiger partial charge in [-0.3, -0.25) is 9.69 Å². The number of carbonyl (C=O) groups excluding carboxylic acids is 1. The van der Waals surface area contributed by atoms with Gasteiger partial charge in [0, 0.05) is 23.6 Å². The van der Waals surface area contributed by atoms with Crippen molar-refractivity contribution in [1.29, 1.82) is 0 Å². The fourth-order valence-electron chi connectivity index (χ4n) is 4.35. The number of methoxy groups -OCH3 is 1. The molecule has 1 aliphatic rings. The number of nitrogens with zero attached hydrogens (tertiary/aromatic N) is 2. The Morgan fingerprint density at radius 2 is 1.81 bits per heavy atom. The molecule has 0 unspecified atom stereocenters. The predicted molar refractivity (Wildman–Crippen MR) is 147 cm³/mol. The number of aryl methyl sites for hydroxylation is 2. The van der Waals surface area contributed by atoms with Gasteiger partial charge in [-0.15, -0.1) is 0 Å². The zero-order valence-corrected chi connectivity index (χ0v) is 21.2. The van der Waals surface area contributed by atoms with Crippen molar-refractivity contribution in [2.24, 2.45) is 4.99 Å². The number of ether oxygens (including phenoxy) is 1. The standard InChI is InChI=1S/C29H27N3O3S/c1-18-14-20(15-19(2)27(18)33)16-26-28(34)32(13-12-21-17-30-25-7-5-4-6-24(21)25)29(36-26)31-22-8-10-23(35-3)11-9-22/h4-11,14-17,30,33H,12-13H2,1-3H3. The van der Waals surface area contributed by atoms with Crippen molar-refractivity contribution in [1.82, 2.24) is 9.88 Å². The van der Waals surface area contributed by atoms with Crippen LogP contribution in [0.3, 0.4) is 0 Å². The summed E-state index contributed by atoms with van der Waals surface area (Å²) in [5.41, 5.74) is 5.43. The molecule has 4 aromatic rings. The molecule has 0 aliphatic carbocycles. The summed E-state index contributed by atoms with van der Waals surface area (Å²) in [5.74, 6) is 0.962. The Hall–Kier alpha value is -3.97. The topological polar surface area (TPSA) is 77.9 Å². The lowest BCUT2D eigenvalue weighted by atomic mass is 10.1. The predicted octanol–water partition coefficient (Wildman–Crippen LogP) is 6.35. The van der Waals surface area contributed by atoms with Gasteiger partial charge in [-0.1, -0.05) is 18.2 Å². The quantitative estimate of drug-likeness (QED) is 0.305. The van der Waals surface area contributed by atoms with Gasteiger partial charge in [0.05, 0.1) is 17.7 Å². The normalized spacial score (nSPS) is 16.0. The number of aromatic nitrogens is 1. The maximum Gasteiger partial charge on any atom is 0.266 e. The minimum atomic E-state index is -0.0736. The number of H-pyrrole nitrogens is 1. The number of fused-ring (bicyclic) bond motifs is 1. The number of amides is 1. The van der Waals surface area contributed by atoms with E-state index in [1.54, 1.807) is 12.0 Å². The lowest BCUT2D eigenvalue weighted by molar-refractivity contribution is -0.122. The molecule has 0 saturated carbocycles. The number of carbonyl (C=O) groups is 1. The summed E-state index contributed by atoms with van der Waals surface area (Å²) in [4.78, 5) is 24.0. The van der Waals surface area contributed by atoms with Crippen LogP contribution in [0.25, 0.3) is 17.0 Å². The van der Waals surface area contributed by atoms with Gasteiger partial charge in [0.1, 0.15) is 11.5 Å². The number of aromatic hydroxyl groups is 1. The van der Waals surface area contributed by atoms with Gasteiger partial charge in [0.2, 0.25) is 0 Å². The van der Waals surface area contributed by atoms with Crippen LogP contribution in [0.5, 0.6) is 11.5 Å². The van der Waals surface area contributed by atoms with Crippen LogP contribution in [0.2, 0.25) is 0 Å². The summed E-state index contributed by atoms with van der Waals surface area (Å²) in [6.07, 6.45) is 4.59. The summed E-state index contributed by atoms with van der Waals surface area (Å²) in [7, 11) is 1.63. The van der Waals surface area contributed by atoms with E-state index < -0.39 is 0 Å². The first-order valence-corrected chi connectivity index (χ1v) is 12.5. The molecular formula is C29H27N3O3S. The zero-order chi connectivity index (χ0) is 25.2. The highest BCUT2D eigenvalue weighted by Gasteiger charge is 2.33. The largest absolute Gasteiger partial charge is 0.507 e. The molecule has 0 bridgehead atoms. The molecule has 1 aliphatic heterocycles. The number of para-hydroxylation sites is 1. The van der Waals surface area contributed by atoms with Crippen molar-refractivity contribution in [2.75, 3.05) is 13.7 Å². The van der Waals surface area contributed by atoms with E-state index in [0.717, 1.165) is 44.6 Å². The number of phenols is 1. The van der Waals surface area contributed by atoms with Crippen LogP contribution in [0.15, 0.2) is 76.8 Å². The number of thioether (sulfide) groups is 1. The van der Waals surface area contributed by atoms with E-state index in [9.17, 15) is 9.90 Å². The fourth-order valence-corrected chi connectivity index (χ4v) is 5.38. The Labute approximate surface area is 214 Å². The summed E-state index contributed by atoms with van der Waals surface area (Å²) in [6, 6.07) is 19.4. The molecule has 1 amide bonds. The van der Waals surface area contributed by atoms with Crippen molar-refractivity contribution in [3.8, 4) is 11.5 Å². The van der Waals surface area contributed by atoms with Gasteiger partial charge in [-0.05, 0) is 103 Å². The van der Waals surface area contributed by atoms with Crippen molar-refractivity contribution >= 4 is 45.5 Å². The van der Waals surface area contributed by atoms with Gasteiger partial charge in [0.15, 0.2) is 5.17 Å². The summed E-state index contributed by atoms with van der Waals surface area (Å²) in [6.45, 7) is 4.23. The van der Waals surface area contributed by atoms with Crippen LogP contribution in [0.4, 0.5) is 5.69 Å². The third-order valence-electron chi connectivity index (χ3n) is 6.28. The molecule has 36 heavy (non-hydrogen) atoms. The fraction of sp³-hybridized carbons (Fsp3) is 0.172. The summed E-state index contributed by atoms with van der Waals surface area (Å²) >= 11 is 1.37. The molecule has 0 radical (unpaired) electrons. The highest BCUT2D eigenvalue weighted by molar-refractivity contribution is 8.18. The summed E-state index contributed by atoms with van der Waals surface area (Å²) < 4.78 is 5.26. The number of hydrogen-bond donors (Lipinski definition) is 2. The maximum absolute atomic E-state index is 13.5. The van der Waals surface area contributed by atoms with E-state index in [2.05, 4.69) is 17.1 Å². The monoisotopic (exact) mass is 497 g/mol. The van der Waals surface area contributed by atoms with Gasteiger partial charge in [0.25, 0.3) is 5.91 Å². The lowest BCUT2D eigenvalue weighted by Crippen LogP contribution is -2.31. The first kappa shape index (κ1) is 23.8. The molecule has 2 N–H and O–H groups in total. The van der Waals surface area contributed by atoms with Gasteiger partial charge >= 0.3 is 0 Å². The molecule has 1 aromatic heterocycles. The molecule has 0 spiro atoms. The van der Waals surface area contributed by atoms with Crippen LogP contribution in [-0.2, 0) is 11.2 Å². The summed E-state index contributed by atoms with van der Waals surface area (Å²) in [5, 5.41) is 11.9. The number of phenolic OH excluding ortho intramolecular Hbond substituents is 1. The Morgan fingerprint density at radius 1 is 1.08 bits per heavy atom. The van der Waals surface area contributed by atoms with Crippen molar-refractivity contribution < 1.29 is 14.6 Å². The Bertz CT molecular complexity index is 1480. The van der Waals surface area contributed by atoms with Crippen molar-refractivity contribution in [3.63, 3.8) is 0 Å². The minimum Gasteiger partial charge on any atom is -0.507 e. The highest BCUT2D eigenvalue weighted by Crippen LogP contribution is 2.36. The van der Waals surface area contributed by atoms with Crippen molar-refractivity contribution in [3.05, 3.63) is 94.0 Å². The van der Waals surface area contributed by atoms with Crippen LogP contribution in [0.1, 0.15) is 22.3 Å². The SMILES string of the molecule is COc1ccc(N=C2SC(=Cc3cc(C)c(O)c(C)c3)C(=O)N2CCc2c[nH]c3ccccc23)cc1. The first-order valence-electron chi connectivity index (χ1n) is 11.7. The number of aliphatic imine (C=N–C) groups is 1. The average molecular weight is 498 g/mol. The average Bonchev–Trinajstić information content (AvgIpc) is 3.42. The molecule has 182 valence electrons. The molecule has 1 saturated heterocycles. The molecule has 6 nitrogen and oxygen atoms in total. The van der Waals surface area contributed by atoms with Gasteiger partial charge < -0.3 is 14.8 Å². The zero-order valence-electron chi connectivity index (χ0n) is 20.4. The number of nitrogens with one attached hydrogen (secondary N) is 1. The molecule has 7 heteroatoms. The lowest BCUT2D eigenvalue weighted by Gasteiger charge is -2.15. The Balaban J connectivity index is 1.47. The Morgan fingerprint density at radius 3 is 2.53 bits per heavy atom.